The minimum absolute atomic E-state index is 0.147. The lowest BCUT2D eigenvalue weighted by Crippen LogP contribution is -2.11. The predicted molar refractivity (Wildman–Crippen MR) is 347 cm³/mol. The largest absolute Gasteiger partial charge is 0.494 e. The van der Waals surface area contributed by atoms with Crippen LogP contribution >= 0.6 is 0 Å². The number of esters is 8. The Morgan fingerprint density at radius 3 is 1.00 bits per heavy atom. The molecule has 0 radical (unpaired) electrons. The molecular formula is C76H58O18. The number of hydrogen-bond donors (Lipinski definition) is 0. The number of rotatable bonds is 27. The average molecular weight is 1260 g/mol. The van der Waals surface area contributed by atoms with Crippen molar-refractivity contribution < 1.29 is 85.7 Å². The summed E-state index contributed by atoms with van der Waals surface area (Å²) in [5.74, 6) is -2.81. The van der Waals surface area contributed by atoms with Gasteiger partial charge in [0.05, 0.1) is 59.8 Å². The van der Waals surface area contributed by atoms with E-state index in [4.69, 9.17) is 47.4 Å². The second-order valence-corrected chi connectivity index (χ2v) is 20.7. The Labute approximate surface area is 539 Å². The number of unbranched alkanes of at least 4 members (excludes halogenated alkanes) is 2. The minimum Gasteiger partial charge on any atom is -0.494 e. The molecule has 18 heteroatoms. The number of hydrogen-bond acceptors (Lipinski definition) is 18. The predicted octanol–water partition coefficient (Wildman–Crippen LogP) is 14.8. The normalized spacial score (nSPS) is 10.7. The van der Waals surface area contributed by atoms with Gasteiger partial charge >= 0.3 is 47.8 Å². The van der Waals surface area contributed by atoms with E-state index in [0.29, 0.717) is 61.5 Å². The van der Waals surface area contributed by atoms with Crippen LogP contribution < -0.4 is 37.9 Å². The fourth-order valence-electron chi connectivity index (χ4n) is 9.41. The van der Waals surface area contributed by atoms with Gasteiger partial charge < -0.3 is 47.4 Å². The molecule has 0 heterocycles. The molecular weight excluding hydrogens is 1200 g/mol. The third kappa shape index (κ3) is 17.3. The highest BCUT2D eigenvalue weighted by molar-refractivity contribution is 6.09. The van der Waals surface area contributed by atoms with Gasteiger partial charge in [0.15, 0.2) is 0 Å². The Balaban J connectivity index is 0.732. The summed E-state index contributed by atoms with van der Waals surface area (Å²) in [5, 5.41) is 3.08. The molecule has 0 saturated carbocycles. The third-order valence-electron chi connectivity index (χ3n) is 14.2. The standard InChI is InChI=1S/C76H58O18/c1-3-68(77)87-45-11-9-43-85-57-30-17-50(18-31-57)71(79)89-59-34-21-52(22-35-59)73(81)91-61-38-25-54(26-39-61)75(83)93-63-47-56-14-6-7-15-64(56)66(48-63)70-65-16-8-5-13-49(65)29-42-67(70)94-76(84)55-27-40-62(41-28-55)92-74(82)53-23-36-60(37-24-53)90-72(80)51-19-32-58(33-20-51)86-44-10-12-46-88-69(78)4-2/h3-8,13-42,47-48H,1-2,9-12,43-46H2. The van der Waals surface area contributed by atoms with Crippen molar-refractivity contribution >= 4 is 69.3 Å². The summed E-state index contributed by atoms with van der Waals surface area (Å²) in [6, 6.07) is 58.2. The Bertz CT molecular complexity index is 4420. The van der Waals surface area contributed by atoms with Crippen molar-refractivity contribution in [2.75, 3.05) is 26.4 Å². The molecule has 0 saturated heterocycles. The minimum atomic E-state index is -0.707. The van der Waals surface area contributed by atoms with E-state index in [-0.39, 0.29) is 81.1 Å². The van der Waals surface area contributed by atoms with Crippen molar-refractivity contribution in [1.82, 2.24) is 0 Å². The van der Waals surface area contributed by atoms with Crippen molar-refractivity contribution in [3.63, 3.8) is 0 Å². The SMILES string of the molecule is C=CC(=O)OCCCCOc1ccc(C(=O)Oc2ccc(C(=O)Oc3ccc(C(=O)Oc4cc(-c5c(OC(=O)c6ccc(OC(=O)c7ccc(OC(=O)c8ccc(OCCCCOC(=O)C=C)cc8)cc7)cc6)ccc6ccccc56)c5ccccc5c4)cc3)cc2)cc1. The first-order chi connectivity index (χ1) is 45.8. The van der Waals surface area contributed by atoms with Crippen molar-refractivity contribution in [2.45, 2.75) is 25.7 Å². The molecule has 10 aromatic carbocycles. The molecule has 10 aromatic rings. The molecule has 0 fully saturated rings. The second-order valence-electron chi connectivity index (χ2n) is 20.7. The molecule has 470 valence electrons. The van der Waals surface area contributed by atoms with E-state index in [1.165, 1.54) is 97.1 Å². The molecule has 10 rings (SSSR count). The van der Waals surface area contributed by atoms with Gasteiger partial charge in [-0.05, 0) is 217 Å². The highest BCUT2D eigenvalue weighted by Crippen LogP contribution is 2.43. The van der Waals surface area contributed by atoms with E-state index in [9.17, 15) is 38.4 Å². The summed E-state index contributed by atoms with van der Waals surface area (Å²) in [5.41, 5.74) is 2.35. The molecule has 0 atom stereocenters. The zero-order valence-electron chi connectivity index (χ0n) is 50.4. The average Bonchev–Trinajstić information content (AvgIpc) is 0.811. The van der Waals surface area contributed by atoms with Gasteiger partial charge in [-0.15, -0.1) is 0 Å². The highest BCUT2D eigenvalue weighted by atomic mass is 16.6. The van der Waals surface area contributed by atoms with Crippen molar-refractivity contribution in [1.29, 1.82) is 0 Å². The van der Waals surface area contributed by atoms with Crippen LogP contribution in [0.25, 0.3) is 32.7 Å². The molecule has 0 aliphatic heterocycles. The Morgan fingerprint density at radius 2 is 0.617 bits per heavy atom. The lowest BCUT2D eigenvalue weighted by molar-refractivity contribution is -0.138. The molecule has 0 unspecified atom stereocenters. The fourth-order valence-corrected chi connectivity index (χ4v) is 9.41. The zero-order chi connectivity index (χ0) is 65.8. The Hall–Kier alpha value is -12.4. The topological polar surface area (TPSA) is 229 Å². The molecule has 0 spiro atoms. The summed E-state index contributed by atoms with van der Waals surface area (Å²) in [4.78, 5) is 102. The lowest BCUT2D eigenvalue weighted by Gasteiger charge is -2.17. The summed E-state index contributed by atoms with van der Waals surface area (Å²) in [6.07, 6.45) is 4.76. The second kappa shape index (κ2) is 31.3. The van der Waals surface area contributed by atoms with Crippen LogP contribution in [0.5, 0.6) is 46.0 Å². The van der Waals surface area contributed by atoms with Crippen LogP contribution in [-0.4, -0.2) is 74.2 Å². The zero-order valence-corrected chi connectivity index (χ0v) is 50.4. The smallest absolute Gasteiger partial charge is 0.343 e. The van der Waals surface area contributed by atoms with Gasteiger partial charge in [0.1, 0.15) is 46.0 Å². The van der Waals surface area contributed by atoms with Crippen LogP contribution in [0, 0.1) is 0 Å². The quantitative estimate of drug-likeness (QED) is 0.0202. The van der Waals surface area contributed by atoms with Gasteiger partial charge in [0.25, 0.3) is 0 Å². The van der Waals surface area contributed by atoms with E-state index >= 15 is 0 Å². The van der Waals surface area contributed by atoms with Gasteiger partial charge in [-0.2, -0.15) is 0 Å². The first-order valence-electron chi connectivity index (χ1n) is 29.6. The van der Waals surface area contributed by atoms with Crippen LogP contribution in [0.4, 0.5) is 0 Å². The van der Waals surface area contributed by atoms with Gasteiger partial charge in [-0.3, -0.25) is 0 Å². The maximum absolute atomic E-state index is 14.0. The fraction of sp³-hybridized carbons (Fsp3) is 0.105. The summed E-state index contributed by atoms with van der Waals surface area (Å²) >= 11 is 0. The van der Waals surface area contributed by atoms with Crippen molar-refractivity contribution in [2.24, 2.45) is 0 Å². The number of carbonyl (C=O) groups is 8. The molecule has 0 N–H and O–H groups in total. The molecule has 0 aliphatic rings. The Morgan fingerprint density at radius 1 is 0.298 bits per heavy atom. The number of carbonyl (C=O) groups excluding carboxylic acids is 8. The number of benzene rings is 10. The van der Waals surface area contributed by atoms with E-state index in [1.54, 1.807) is 66.7 Å². The van der Waals surface area contributed by atoms with Crippen molar-refractivity contribution in [3.05, 3.63) is 277 Å². The Kier molecular flexibility index (Phi) is 21.5. The van der Waals surface area contributed by atoms with Crippen LogP contribution in [0.1, 0.15) is 87.8 Å². The van der Waals surface area contributed by atoms with Crippen LogP contribution in [0.2, 0.25) is 0 Å². The van der Waals surface area contributed by atoms with Gasteiger partial charge in [-0.25, -0.2) is 38.4 Å². The van der Waals surface area contributed by atoms with Crippen molar-refractivity contribution in [3.8, 4) is 57.1 Å². The summed E-state index contributed by atoms with van der Waals surface area (Å²) in [6.45, 7) is 8.02. The van der Waals surface area contributed by atoms with Crippen LogP contribution in [0.3, 0.4) is 0 Å². The number of ether oxygens (including phenoxy) is 10. The maximum atomic E-state index is 14.0. The van der Waals surface area contributed by atoms with E-state index in [2.05, 4.69) is 13.2 Å². The maximum Gasteiger partial charge on any atom is 0.343 e. The van der Waals surface area contributed by atoms with Crippen LogP contribution in [0.15, 0.2) is 244 Å². The first kappa shape index (κ1) is 64.5. The van der Waals surface area contributed by atoms with Gasteiger partial charge in [0, 0.05) is 17.7 Å². The molecule has 18 nitrogen and oxygen atoms in total. The highest BCUT2D eigenvalue weighted by Gasteiger charge is 2.22. The molecule has 0 aliphatic carbocycles. The molecule has 0 bridgehead atoms. The molecule has 0 aromatic heterocycles. The van der Waals surface area contributed by atoms with E-state index < -0.39 is 47.8 Å². The lowest BCUT2D eigenvalue weighted by atomic mass is 9.92. The molecule has 0 amide bonds. The summed E-state index contributed by atoms with van der Waals surface area (Å²) in [7, 11) is 0. The van der Waals surface area contributed by atoms with Gasteiger partial charge in [0.2, 0.25) is 0 Å². The first-order valence-corrected chi connectivity index (χ1v) is 29.6. The van der Waals surface area contributed by atoms with Crippen LogP contribution in [-0.2, 0) is 19.1 Å². The third-order valence-corrected chi connectivity index (χ3v) is 14.2. The number of fused-ring (bicyclic) bond motifs is 2. The van der Waals surface area contributed by atoms with Gasteiger partial charge in [-0.1, -0.05) is 67.8 Å². The summed E-state index contributed by atoms with van der Waals surface area (Å²) < 4.78 is 55.7. The monoisotopic (exact) mass is 1260 g/mol. The van der Waals surface area contributed by atoms with E-state index in [0.717, 1.165) is 33.7 Å². The van der Waals surface area contributed by atoms with E-state index in [1.807, 2.05) is 54.6 Å². The molecule has 94 heavy (non-hydrogen) atoms.